The predicted octanol–water partition coefficient (Wildman–Crippen LogP) is 2.49. The van der Waals surface area contributed by atoms with Gasteiger partial charge in [-0.15, -0.1) is 0 Å². The number of alkyl halides is 3. The number of aromatic nitrogens is 2. The number of likely N-dealkylation sites (tertiary alicyclic amines) is 1. The first-order valence-electron chi connectivity index (χ1n) is 8.57. The smallest absolute Gasteiger partial charge is 0.338 e. The molecule has 0 aliphatic carbocycles. The van der Waals surface area contributed by atoms with Crippen molar-refractivity contribution in [1.82, 2.24) is 20.0 Å². The van der Waals surface area contributed by atoms with E-state index in [-0.39, 0.29) is 5.91 Å². The lowest BCUT2D eigenvalue weighted by atomic mass is 10.0. The monoisotopic (exact) mass is 364 g/mol. The Hall–Kier alpha value is -2.35. The zero-order valence-electron chi connectivity index (χ0n) is 14.3. The molecule has 1 aromatic carbocycles. The summed E-state index contributed by atoms with van der Waals surface area (Å²) in [7, 11) is 0. The summed E-state index contributed by atoms with van der Waals surface area (Å²) in [5.41, 5.74) is 0.538. The highest BCUT2D eigenvalue weighted by molar-refractivity contribution is 5.95. The lowest BCUT2D eigenvalue weighted by Crippen LogP contribution is -2.32. The molecule has 3 heterocycles. The minimum Gasteiger partial charge on any atom is -0.338 e. The number of nitrogens with zero attached hydrogens (tertiary/aromatic N) is 3. The van der Waals surface area contributed by atoms with E-state index in [1.807, 2.05) is 4.90 Å². The summed E-state index contributed by atoms with van der Waals surface area (Å²) in [6.45, 7) is 4.99. The van der Waals surface area contributed by atoms with Gasteiger partial charge in [0.2, 0.25) is 0 Å². The van der Waals surface area contributed by atoms with Crippen molar-refractivity contribution >= 4 is 5.91 Å². The zero-order valence-corrected chi connectivity index (χ0v) is 14.3. The fourth-order valence-electron chi connectivity index (χ4n) is 3.89. The third-order valence-corrected chi connectivity index (χ3v) is 5.33. The summed E-state index contributed by atoms with van der Waals surface area (Å²) >= 11 is 0. The average Bonchev–Trinajstić information content (AvgIpc) is 3.27. The summed E-state index contributed by atoms with van der Waals surface area (Å²) in [5.74, 6) is 0.866. The van der Waals surface area contributed by atoms with Crippen LogP contribution in [0.5, 0.6) is 0 Å². The number of halogens is 3. The number of amides is 1. The van der Waals surface area contributed by atoms with Crippen LogP contribution in [0.3, 0.4) is 0 Å². The molecule has 2 saturated heterocycles. The first kappa shape index (κ1) is 17.1. The molecule has 1 amide bonds. The second kappa shape index (κ2) is 6.12. The Balaban J connectivity index is 1.60. The van der Waals surface area contributed by atoms with Crippen LogP contribution in [0.4, 0.5) is 13.2 Å². The molecule has 5 nitrogen and oxygen atoms in total. The highest BCUT2D eigenvalue weighted by Crippen LogP contribution is 2.31. The van der Waals surface area contributed by atoms with Crippen LogP contribution in [0.2, 0.25) is 0 Å². The second-order valence-corrected chi connectivity index (χ2v) is 6.99. The van der Waals surface area contributed by atoms with E-state index < -0.39 is 11.7 Å². The molecule has 1 aromatic heterocycles. The molecule has 0 unspecified atom stereocenters. The van der Waals surface area contributed by atoms with E-state index in [9.17, 15) is 18.0 Å². The molecule has 2 fully saturated rings. The van der Waals surface area contributed by atoms with Gasteiger partial charge in [0, 0.05) is 26.2 Å². The van der Waals surface area contributed by atoms with Crippen molar-refractivity contribution in [2.24, 2.45) is 11.8 Å². The second-order valence-electron chi connectivity index (χ2n) is 6.99. The largest absolute Gasteiger partial charge is 0.416 e. The Morgan fingerprint density at radius 2 is 1.92 bits per heavy atom. The Labute approximate surface area is 148 Å². The number of nitrogens with one attached hydrogen (secondary N) is 1. The summed E-state index contributed by atoms with van der Waals surface area (Å²) in [5, 5.41) is 7.49. The van der Waals surface area contributed by atoms with Crippen molar-refractivity contribution in [2.45, 2.75) is 13.1 Å². The van der Waals surface area contributed by atoms with Crippen molar-refractivity contribution < 1.29 is 18.0 Å². The van der Waals surface area contributed by atoms with E-state index in [0.717, 1.165) is 25.2 Å². The van der Waals surface area contributed by atoms with Crippen LogP contribution in [0, 0.1) is 18.8 Å². The molecule has 1 N–H and O–H groups in total. The van der Waals surface area contributed by atoms with Crippen molar-refractivity contribution in [3.63, 3.8) is 0 Å². The molecule has 2 aromatic rings. The van der Waals surface area contributed by atoms with Gasteiger partial charge in [0.15, 0.2) is 0 Å². The van der Waals surface area contributed by atoms with Crippen molar-refractivity contribution in [3.05, 3.63) is 47.3 Å². The van der Waals surface area contributed by atoms with Gasteiger partial charge < -0.3 is 10.2 Å². The molecule has 0 bridgehead atoms. The van der Waals surface area contributed by atoms with Crippen LogP contribution in [0.25, 0.3) is 5.69 Å². The fourth-order valence-corrected chi connectivity index (χ4v) is 3.89. The fraction of sp³-hybridized carbons (Fsp3) is 0.444. The van der Waals surface area contributed by atoms with Crippen LogP contribution in [-0.2, 0) is 6.18 Å². The minimum absolute atomic E-state index is 0.102. The molecule has 0 radical (unpaired) electrons. The van der Waals surface area contributed by atoms with E-state index in [0.29, 0.717) is 41.9 Å². The van der Waals surface area contributed by atoms with Crippen LogP contribution < -0.4 is 5.32 Å². The Kier molecular flexibility index (Phi) is 4.02. The number of carbonyl (C=O) groups excluding carboxylic acids is 1. The SMILES string of the molecule is Cc1c(C(=O)N2C[C@H]3CNC[C@H]3C2)cnn1-c1cccc(C(F)(F)F)c1. The van der Waals surface area contributed by atoms with Crippen molar-refractivity contribution in [1.29, 1.82) is 0 Å². The van der Waals surface area contributed by atoms with Crippen LogP contribution in [0.15, 0.2) is 30.5 Å². The lowest BCUT2D eigenvalue weighted by Gasteiger charge is -2.17. The van der Waals surface area contributed by atoms with Gasteiger partial charge in [-0.2, -0.15) is 18.3 Å². The van der Waals surface area contributed by atoms with E-state index in [2.05, 4.69) is 10.4 Å². The number of benzene rings is 1. The van der Waals surface area contributed by atoms with Crippen molar-refractivity contribution in [2.75, 3.05) is 26.2 Å². The Bertz CT molecular complexity index is 833. The summed E-state index contributed by atoms with van der Waals surface area (Å²) in [4.78, 5) is 14.7. The van der Waals surface area contributed by atoms with E-state index in [4.69, 9.17) is 0 Å². The molecular formula is C18H19F3N4O. The average molecular weight is 364 g/mol. The van der Waals surface area contributed by atoms with Crippen LogP contribution in [-0.4, -0.2) is 46.8 Å². The van der Waals surface area contributed by atoms with Gasteiger partial charge in [0.25, 0.3) is 5.91 Å². The van der Waals surface area contributed by atoms with Gasteiger partial charge in [-0.05, 0) is 37.0 Å². The number of hydrogen-bond donors (Lipinski definition) is 1. The van der Waals surface area contributed by atoms with Crippen LogP contribution in [0.1, 0.15) is 21.6 Å². The summed E-state index contributed by atoms with van der Waals surface area (Å²) < 4.78 is 40.2. The predicted molar refractivity (Wildman–Crippen MR) is 89.1 cm³/mol. The topological polar surface area (TPSA) is 50.2 Å². The maximum atomic E-state index is 12.9. The van der Waals surface area contributed by atoms with Gasteiger partial charge in [-0.3, -0.25) is 4.79 Å². The molecular weight excluding hydrogens is 345 g/mol. The van der Waals surface area contributed by atoms with E-state index in [1.165, 1.54) is 16.9 Å². The van der Waals surface area contributed by atoms with E-state index in [1.54, 1.807) is 13.0 Å². The molecule has 2 atom stereocenters. The first-order valence-corrected chi connectivity index (χ1v) is 8.57. The van der Waals surface area contributed by atoms with E-state index >= 15 is 0 Å². The number of fused-ring (bicyclic) bond motifs is 1. The highest BCUT2D eigenvalue weighted by Gasteiger charge is 2.39. The Morgan fingerprint density at radius 3 is 2.58 bits per heavy atom. The van der Waals surface area contributed by atoms with Gasteiger partial charge in [-0.25, -0.2) is 4.68 Å². The normalized spacial score (nSPS) is 22.7. The van der Waals surface area contributed by atoms with Crippen molar-refractivity contribution in [3.8, 4) is 5.69 Å². The molecule has 8 heteroatoms. The molecule has 0 spiro atoms. The first-order chi connectivity index (χ1) is 12.3. The molecule has 138 valence electrons. The number of carbonyl (C=O) groups is 1. The molecule has 4 rings (SSSR count). The van der Waals surface area contributed by atoms with Gasteiger partial charge in [0.05, 0.1) is 28.7 Å². The molecule has 0 saturated carbocycles. The number of hydrogen-bond acceptors (Lipinski definition) is 3. The maximum absolute atomic E-state index is 12.9. The molecule has 2 aliphatic heterocycles. The quantitative estimate of drug-likeness (QED) is 0.891. The number of rotatable bonds is 2. The standard InChI is InChI=1S/C18H19F3N4O/c1-11-16(17(26)24-9-12-6-22-7-13(12)10-24)8-23-25(11)15-4-2-3-14(5-15)18(19,20)21/h2-5,8,12-13,22H,6-7,9-10H2,1H3/t12-,13+. The third-order valence-electron chi connectivity index (χ3n) is 5.33. The third kappa shape index (κ3) is 2.88. The molecule has 2 aliphatic rings. The van der Waals surface area contributed by atoms with Gasteiger partial charge in [-0.1, -0.05) is 6.07 Å². The summed E-state index contributed by atoms with van der Waals surface area (Å²) in [6.07, 6.45) is -2.97. The highest BCUT2D eigenvalue weighted by atomic mass is 19.4. The van der Waals surface area contributed by atoms with Gasteiger partial charge >= 0.3 is 6.18 Å². The zero-order chi connectivity index (χ0) is 18.5. The lowest BCUT2D eigenvalue weighted by molar-refractivity contribution is -0.137. The maximum Gasteiger partial charge on any atom is 0.416 e. The summed E-state index contributed by atoms with van der Waals surface area (Å²) in [6, 6.07) is 4.95. The Morgan fingerprint density at radius 1 is 1.23 bits per heavy atom. The molecule has 26 heavy (non-hydrogen) atoms. The minimum atomic E-state index is -4.42. The van der Waals surface area contributed by atoms with Crippen LogP contribution >= 0.6 is 0 Å². The van der Waals surface area contributed by atoms with Gasteiger partial charge in [0.1, 0.15) is 0 Å².